The van der Waals surface area contributed by atoms with Crippen LogP contribution in [0.2, 0.25) is 0 Å². The summed E-state index contributed by atoms with van der Waals surface area (Å²) in [5.74, 6) is 0.264. The van der Waals surface area contributed by atoms with Crippen LogP contribution < -0.4 is 5.32 Å². The summed E-state index contributed by atoms with van der Waals surface area (Å²) in [6.45, 7) is 8.86. The number of pyridine rings is 1. The van der Waals surface area contributed by atoms with E-state index in [4.69, 9.17) is 0 Å². The Morgan fingerprint density at radius 2 is 2.36 bits per heavy atom. The average Bonchev–Trinajstić information content (AvgIpc) is 2.50. The van der Waals surface area contributed by atoms with Crippen LogP contribution in [-0.2, 0) is 17.8 Å². The number of aromatic nitrogens is 1. The van der Waals surface area contributed by atoms with Crippen LogP contribution in [0.3, 0.4) is 0 Å². The largest absolute Gasteiger partial charge is 0.353 e. The molecule has 0 aromatic carbocycles. The molecule has 1 aromatic rings. The summed E-state index contributed by atoms with van der Waals surface area (Å²) >= 11 is 1.34. The Bertz CT molecular complexity index is 595. The van der Waals surface area contributed by atoms with Gasteiger partial charge in [0.05, 0.1) is 11.3 Å². The fourth-order valence-electron chi connectivity index (χ4n) is 2.47. The summed E-state index contributed by atoms with van der Waals surface area (Å²) in [5.41, 5.74) is 2.77. The Kier molecular flexibility index (Phi) is 5.81. The molecule has 0 saturated heterocycles. The van der Waals surface area contributed by atoms with Crippen LogP contribution in [-0.4, -0.2) is 40.7 Å². The molecule has 0 aliphatic carbocycles. The molecule has 2 rings (SSSR count). The molecule has 1 aromatic heterocycles. The van der Waals surface area contributed by atoms with E-state index in [-0.39, 0.29) is 11.9 Å². The van der Waals surface area contributed by atoms with Gasteiger partial charge in [-0.2, -0.15) is 5.26 Å². The van der Waals surface area contributed by atoms with Crippen molar-refractivity contribution >= 4 is 17.7 Å². The minimum atomic E-state index is -0.0273. The Hall–Kier alpha value is -1.58. The van der Waals surface area contributed by atoms with E-state index in [0.29, 0.717) is 16.3 Å². The highest BCUT2D eigenvalue weighted by molar-refractivity contribution is 8.00. The first-order chi connectivity index (χ1) is 10.5. The second kappa shape index (κ2) is 7.61. The summed E-state index contributed by atoms with van der Waals surface area (Å²) in [7, 11) is 0. The molecular formula is C16H22N4OS. The first kappa shape index (κ1) is 16.8. The summed E-state index contributed by atoms with van der Waals surface area (Å²) in [4.78, 5) is 18.7. The van der Waals surface area contributed by atoms with Crippen molar-refractivity contribution in [3.05, 3.63) is 22.9 Å². The molecular weight excluding hydrogens is 296 g/mol. The van der Waals surface area contributed by atoms with Crippen molar-refractivity contribution in [2.75, 3.05) is 18.8 Å². The van der Waals surface area contributed by atoms with E-state index in [2.05, 4.69) is 28.2 Å². The summed E-state index contributed by atoms with van der Waals surface area (Å²) < 4.78 is 0. The molecule has 0 saturated carbocycles. The number of carbonyl (C=O) groups is 1. The Balaban J connectivity index is 2.12. The highest BCUT2D eigenvalue weighted by atomic mass is 32.2. The van der Waals surface area contributed by atoms with E-state index < -0.39 is 0 Å². The first-order valence-corrected chi connectivity index (χ1v) is 8.59. The predicted molar refractivity (Wildman–Crippen MR) is 87.6 cm³/mol. The van der Waals surface area contributed by atoms with E-state index in [0.717, 1.165) is 37.3 Å². The highest BCUT2D eigenvalue weighted by Crippen LogP contribution is 2.26. The molecule has 1 aliphatic rings. The van der Waals surface area contributed by atoms with E-state index in [9.17, 15) is 10.1 Å². The van der Waals surface area contributed by atoms with Crippen LogP contribution in [0.25, 0.3) is 0 Å². The number of nitrogens with zero attached hydrogens (tertiary/aromatic N) is 3. The zero-order valence-corrected chi connectivity index (χ0v) is 14.2. The molecule has 1 amide bonds. The number of fused-ring (bicyclic) bond motifs is 1. The van der Waals surface area contributed by atoms with Gasteiger partial charge in [-0.1, -0.05) is 18.7 Å². The number of rotatable bonds is 5. The Morgan fingerprint density at radius 1 is 1.59 bits per heavy atom. The van der Waals surface area contributed by atoms with Gasteiger partial charge in [0.15, 0.2) is 0 Å². The molecule has 0 atom stereocenters. The topological polar surface area (TPSA) is 69.0 Å². The third kappa shape index (κ3) is 4.21. The van der Waals surface area contributed by atoms with E-state index in [1.165, 1.54) is 11.8 Å². The van der Waals surface area contributed by atoms with E-state index in [1.54, 1.807) is 0 Å². The predicted octanol–water partition coefficient (Wildman–Crippen LogP) is 1.95. The number of thioether (sulfide) groups is 1. The molecule has 5 nitrogen and oxygen atoms in total. The van der Waals surface area contributed by atoms with Crippen LogP contribution in [0.4, 0.5) is 0 Å². The summed E-state index contributed by atoms with van der Waals surface area (Å²) in [6.07, 6.45) is 0.903. The lowest BCUT2D eigenvalue weighted by atomic mass is 10.0. The SMILES string of the molecule is CCN1CCc2nc(SCC(=O)NC(C)C)c(C#N)cc2C1. The molecule has 0 bridgehead atoms. The van der Waals surface area contributed by atoms with Gasteiger partial charge in [0.2, 0.25) is 5.91 Å². The van der Waals surface area contributed by atoms with Crippen LogP contribution in [0.15, 0.2) is 11.1 Å². The van der Waals surface area contributed by atoms with Crippen molar-refractivity contribution < 1.29 is 4.79 Å². The third-order valence-electron chi connectivity index (χ3n) is 3.57. The maximum atomic E-state index is 11.7. The lowest BCUT2D eigenvalue weighted by molar-refractivity contribution is -0.119. The van der Waals surface area contributed by atoms with E-state index >= 15 is 0 Å². The zero-order valence-electron chi connectivity index (χ0n) is 13.3. The van der Waals surface area contributed by atoms with Gasteiger partial charge >= 0.3 is 0 Å². The summed E-state index contributed by atoms with van der Waals surface area (Å²) in [6, 6.07) is 4.27. The van der Waals surface area contributed by atoms with E-state index in [1.807, 2.05) is 19.9 Å². The zero-order chi connectivity index (χ0) is 16.1. The average molecular weight is 318 g/mol. The summed E-state index contributed by atoms with van der Waals surface area (Å²) in [5, 5.41) is 12.9. The normalized spacial score (nSPS) is 14.5. The van der Waals surface area contributed by atoms with Gasteiger partial charge < -0.3 is 5.32 Å². The van der Waals surface area contributed by atoms with Crippen LogP contribution in [0, 0.1) is 11.3 Å². The molecule has 6 heteroatoms. The molecule has 2 heterocycles. The quantitative estimate of drug-likeness (QED) is 0.840. The van der Waals surface area contributed by atoms with Gasteiger partial charge in [0, 0.05) is 31.2 Å². The second-order valence-electron chi connectivity index (χ2n) is 5.69. The molecule has 118 valence electrons. The maximum absolute atomic E-state index is 11.7. The van der Waals surface area contributed by atoms with Crippen molar-refractivity contribution in [1.82, 2.24) is 15.2 Å². The van der Waals surface area contributed by atoms with Gasteiger partial charge in [-0.25, -0.2) is 4.98 Å². The minimum absolute atomic E-state index is 0.0273. The number of carbonyl (C=O) groups excluding carboxylic acids is 1. The number of hydrogen-bond acceptors (Lipinski definition) is 5. The minimum Gasteiger partial charge on any atom is -0.353 e. The van der Waals surface area contributed by atoms with Crippen LogP contribution >= 0.6 is 11.8 Å². The van der Waals surface area contributed by atoms with Gasteiger partial charge in [0.1, 0.15) is 11.1 Å². The van der Waals surface area contributed by atoms with Gasteiger partial charge in [-0.3, -0.25) is 9.69 Å². The molecule has 1 N–H and O–H groups in total. The molecule has 1 aliphatic heterocycles. The fourth-order valence-corrected chi connectivity index (χ4v) is 3.25. The van der Waals surface area contributed by atoms with Crippen molar-refractivity contribution in [1.29, 1.82) is 5.26 Å². The van der Waals surface area contributed by atoms with Crippen molar-refractivity contribution in [2.45, 2.75) is 44.8 Å². The number of amides is 1. The first-order valence-electron chi connectivity index (χ1n) is 7.60. The lowest BCUT2D eigenvalue weighted by Gasteiger charge is -2.27. The Labute approximate surface area is 136 Å². The lowest BCUT2D eigenvalue weighted by Crippen LogP contribution is -2.32. The monoisotopic (exact) mass is 318 g/mol. The number of hydrogen-bond donors (Lipinski definition) is 1. The molecule has 0 radical (unpaired) electrons. The molecule has 22 heavy (non-hydrogen) atoms. The highest BCUT2D eigenvalue weighted by Gasteiger charge is 2.19. The fraction of sp³-hybridized carbons (Fsp3) is 0.562. The Morgan fingerprint density at radius 3 is 3.00 bits per heavy atom. The van der Waals surface area contributed by atoms with Crippen LogP contribution in [0.5, 0.6) is 0 Å². The van der Waals surface area contributed by atoms with Crippen LogP contribution in [0.1, 0.15) is 37.6 Å². The standard InChI is InChI=1S/C16H22N4OS/c1-4-20-6-5-14-13(9-20)7-12(8-17)16(19-14)22-10-15(21)18-11(2)3/h7,11H,4-6,9-10H2,1-3H3,(H,18,21). The smallest absolute Gasteiger partial charge is 0.230 e. The number of nitriles is 1. The van der Waals surface area contributed by atoms with Crippen molar-refractivity contribution in [2.24, 2.45) is 0 Å². The van der Waals surface area contributed by atoms with Crippen molar-refractivity contribution in [3.8, 4) is 6.07 Å². The number of likely N-dealkylation sites (N-methyl/N-ethyl adjacent to an activating group) is 1. The van der Waals surface area contributed by atoms with Crippen molar-refractivity contribution in [3.63, 3.8) is 0 Å². The van der Waals surface area contributed by atoms with Gasteiger partial charge in [-0.05, 0) is 32.0 Å². The maximum Gasteiger partial charge on any atom is 0.230 e. The second-order valence-corrected chi connectivity index (χ2v) is 6.65. The molecule has 0 unspecified atom stereocenters. The van der Waals surface area contributed by atoms with Gasteiger partial charge in [-0.15, -0.1) is 0 Å². The number of nitrogens with one attached hydrogen (secondary N) is 1. The third-order valence-corrected chi connectivity index (χ3v) is 4.56. The molecule has 0 fully saturated rings. The van der Waals surface area contributed by atoms with Gasteiger partial charge in [0.25, 0.3) is 0 Å². The molecule has 0 spiro atoms.